The third kappa shape index (κ3) is 5.71. The van der Waals surface area contributed by atoms with Crippen LogP contribution in [-0.2, 0) is 4.74 Å². The SMILES string of the molecule is CCCNC(COCCC)C1CCC(C)(C)CC1. The van der Waals surface area contributed by atoms with Gasteiger partial charge in [-0.2, -0.15) is 0 Å². The van der Waals surface area contributed by atoms with Crippen LogP contribution in [0.15, 0.2) is 0 Å². The Kier molecular flexibility index (Phi) is 7.25. The van der Waals surface area contributed by atoms with Crippen molar-refractivity contribution in [2.45, 2.75) is 72.3 Å². The maximum absolute atomic E-state index is 5.78. The summed E-state index contributed by atoms with van der Waals surface area (Å²) in [5.41, 5.74) is 0.566. The van der Waals surface area contributed by atoms with Gasteiger partial charge in [-0.25, -0.2) is 0 Å². The van der Waals surface area contributed by atoms with E-state index in [9.17, 15) is 0 Å². The first-order chi connectivity index (χ1) is 8.59. The smallest absolute Gasteiger partial charge is 0.0622 e. The van der Waals surface area contributed by atoms with Crippen LogP contribution in [0.4, 0.5) is 0 Å². The second kappa shape index (κ2) is 8.16. The molecular formula is C16H33NO. The third-order valence-electron chi connectivity index (χ3n) is 4.26. The van der Waals surface area contributed by atoms with Gasteiger partial charge in [0, 0.05) is 12.6 Å². The monoisotopic (exact) mass is 255 g/mol. The van der Waals surface area contributed by atoms with Crippen molar-refractivity contribution in [3.05, 3.63) is 0 Å². The molecule has 1 fully saturated rings. The van der Waals surface area contributed by atoms with Crippen LogP contribution in [-0.4, -0.2) is 25.8 Å². The minimum atomic E-state index is 0.566. The lowest BCUT2D eigenvalue weighted by Crippen LogP contribution is -2.42. The van der Waals surface area contributed by atoms with Gasteiger partial charge in [0.2, 0.25) is 0 Å². The van der Waals surface area contributed by atoms with E-state index in [0.29, 0.717) is 11.5 Å². The first kappa shape index (κ1) is 16.0. The summed E-state index contributed by atoms with van der Waals surface area (Å²) in [5.74, 6) is 0.821. The molecule has 0 aliphatic heterocycles. The molecular weight excluding hydrogens is 222 g/mol. The summed E-state index contributed by atoms with van der Waals surface area (Å²) < 4.78 is 5.78. The fourth-order valence-corrected chi connectivity index (χ4v) is 2.87. The van der Waals surface area contributed by atoms with Gasteiger partial charge in [0.1, 0.15) is 0 Å². The van der Waals surface area contributed by atoms with Crippen LogP contribution in [0.3, 0.4) is 0 Å². The standard InChI is InChI=1S/C16H33NO/c1-5-11-17-15(13-18-12-6-2)14-7-9-16(3,4)10-8-14/h14-15,17H,5-13H2,1-4H3. The molecule has 0 aromatic carbocycles. The van der Waals surface area contributed by atoms with Crippen molar-refractivity contribution in [1.29, 1.82) is 0 Å². The Morgan fingerprint density at radius 2 is 1.83 bits per heavy atom. The highest BCUT2D eigenvalue weighted by Crippen LogP contribution is 2.39. The van der Waals surface area contributed by atoms with Crippen molar-refractivity contribution < 1.29 is 4.74 Å². The van der Waals surface area contributed by atoms with Crippen molar-refractivity contribution >= 4 is 0 Å². The summed E-state index contributed by atoms with van der Waals surface area (Å²) in [7, 11) is 0. The minimum Gasteiger partial charge on any atom is -0.380 e. The second-order valence-corrected chi connectivity index (χ2v) is 6.64. The lowest BCUT2D eigenvalue weighted by Gasteiger charge is -2.38. The van der Waals surface area contributed by atoms with E-state index in [2.05, 4.69) is 33.0 Å². The fourth-order valence-electron chi connectivity index (χ4n) is 2.87. The van der Waals surface area contributed by atoms with Crippen LogP contribution in [0.5, 0.6) is 0 Å². The summed E-state index contributed by atoms with van der Waals surface area (Å²) in [4.78, 5) is 0. The topological polar surface area (TPSA) is 21.3 Å². The molecule has 0 amide bonds. The van der Waals surface area contributed by atoms with Gasteiger partial charge in [0.25, 0.3) is 0 Å². The van der Waals surface area contributed by atoms with Crippen LogP contribution in [0.25, 0.3) is 0 Å². The first-order valence-corrected chi connectivity index (χ1v) is 7.90. The van der Waals surface area contributed by atoms with Gasteiger partial charge in [-0.05, 0) is 56.4 Å². The summed E-state index contributed by atoms with van der Waals surface area (Å²) in [6.07, 6.45) is 7.81. The summed E-state index contributed by atoms with van der Waals surface area (Å²) in [5, 5.41) is 3.70. The van der Waals surface area contributed by atoms with Crippen molar-refractivity contribution in [3.8, 4) is 0 Å². The lowest BCUT2D eigenvalue weighted by atomic mass is 9.71. The van der Waals surface area contributed by atoms with Gasteiger partial charge < -0.3 is 10.1 Å². The predicted octanol–water partition coefficient (Wildman–Crippen LogP) is 4.00. The van der Waals surface area contributed by atoms with E-state index in [1.54, 1.807) is 0 Å². The van der Waals surface area contributed by atoms with Gasteiger partial charge in [-0.15, -0.1) is 0 Å². The zero-order valence-corrected chi connectivity index (χ0v) is 12.9. The number of ether oxygens (including phenoxy) is 1. The van der Waals surface area contributed by atoms with Crippen molar-refractivity contribution in [3.63, 3.8) is 0 Å². The molecule has 1 rings (SSSR count). The average Bonchev–Trinajstić information content (AvgIpc) is 2.34. The highest BCUT2D eigenvalue weighted by molar-refractivity contribution is 4.85. The predicted molar refractivity (Wildman–Crippen MR) is 78.9 cm³/mol. The van der Waals surface area contributed by atoms with E-state index in [1.807, 2.05) is 0 Å². The van der Waals surface area contributed by atoms with E-state index in [-0.39, 0.29) is 0 Å². The molecule has 108 valence electrons. The molecule has 0 heterocycles. The normalized spacial score (nSPS) is 22.0. The highest BCUT2D eigenvalue weighted by Gasteiger charge is 2.31. The molecule has 0 saturated heterocycles. The molecule has 0 spiro atoms. The molecule has 0 radical (unpaired) electrons. The molecule has 2 heteroatoms. The minimum absolute atomic E-state index is 0.566. The van der Waals surface area contributed by atoms with Gasteiger partial charge in [0.15, 0.2) is 0 Å². The molecule has 0 bridgehead atoms. The Balaban J connectivity index is 2.38. The third-order valence-corrected chi connectivity index (χ3v) is 4.26. The maximum atomic E-state index is 5.78. The van der Waals surface area contributed by atoms with Crippen LogP contribution in [0.2, 0.25) is 0 Å². The van der Waals surface area contributed by atoms with E-state index >= 15 is 0 Å². The van der Waals surface area contributed by atoms with E-state index in [0.717, 1.165) is 32.1 Å². The molecule has 1 saturated carbocycles. The highest BCUT2D eigenvalue weighted by atomic mass is 16.5. The second-order valence-electron chi connectivity index (χ2n) is 6.64. The molecule has 1 atom stereocenters. The molecule has 1 aliphatic carbocycles. The lowest BCUT2D eigenvalue weighted by molar-refractivity contribution is 0.0710. The summed E-state index contributed by atoms with van der Waals surface area (Å²) in [6, 6.07) is 0.576. The van der Waals surface area contributed by atoms with E-state index in [1.165, 1.54) is 32.1 Å². The van der Waals surface area contributed by atoms with E-state index < -0.39 is 0 Å². The Labute approximate surface area is 114 Å². The van der Waals surface area contributed by atoms with Gasteiger partial charge >= 0.3 is 0 Å². The zero-order chi connectivity index (χ0) is 13.4. The quantitative estimate of drug-likeness (QED) is 0.662. The van der Waals surface area contributed by atoms with Gasteiger partial charge in [0.05, 0.1) is 6.61 Å². The molecule has 18 heavy (non-hydrogen) atoms. The number of hydrogen-bond donors (Lipinski definition) is 1. The number of nitrogens with one attached hydrogen (secondary N) is 1. The number of hydrogen-bond acceptors (Lipinski definition) is 2. The molecule has 0 aromatic rings. The van der Waals surface area contributed by atoms with Crippen molar-refractivity contribution in [2.24, 2.45) is 11.3 Å². The van der Waals surface area contributed by atoms with Crippen molar-refractivity contribution in [2.75, 3.05) is 19.8 Å². The molecule has 2 nitrogen and oxygen atoms in total. The summed E-state index contributed by atoms with van der Waals surface area (Å²) in [6.45, 7) is 12.2. The van der Waals surface area contributed by atoms with Gasteiger partial charge in [-0.1, -0.05) is 27.7 Å². The number of rotatable bonds is 8. The summed E-state index contributed by atoms with van der Waals surface area (Å²) >= 11 is 0. The Bertz CT molecular complexity index is 205. The molecule has 1 unspecified atom stereocenters. The van der Waals surface area contributed by atoms with Crippen LogP contribution < -0.4 is 5.32 Å². The fraction of sp³-hybridized carbons (Fsp3) is 1.00. The van der Waals surface area contributed by atoms with Crippen LogP contribution in [0, 0.1) is 11.3 Å². The zero-order valence-electron chi connectivity index (χ0n) is 12.9. The molecule has 1 aliphatic rings. The Hall–Kier alpha value is -0.0800. The molecule has 0 aromatic heterocycles. The molecule has 1 N–H and O–H groups in total. The van der Waals surface area contributed by atoms with Gasteiger partial charge in [-0.3, -0.25) is 0 Å². The van der Waals surface area contributed by atoms with Crippen LogP contribution in [0.1, 0.15) is 66.2 Å². The Morgan fingerprint density at radius 3 is 2.39 bits per heavy atom. The van der Waals surface area contributed by atoms with Crippen molar-refractivity contribution in [1.82, 2.24) is 5.32 Å². The first-order valence-electron chi connectivity index (χ1n) is 7.90. The largest absolute Gasteiger partial charge is 0.380 e. The average molecular weight is 255 g/mol. The Morgan fingerprint density at radius 1 is 1.17 bits per heavy atom. The maximum Gasteiger partial charge on any atom is 0.0622 e. The van der Waals surface area contributed by atoms with E-state index in [4.69, 9.17) is 4.74 Å². The van der Waals surface area contributed by atoms with Crippen LogP contribution >= 0.6 is 0 Å².